The second kappa shape index (κ2) is 4.51. The van der Waals surface area contributed by atoms with Crippen LogP contribution in [-0.2, 0) is 4.74 Å². The third-order valence-corrected chi connectivity index (χ3v) is 3.42. The molecule has 0 saturated carbocycles. The maximum absolute atomic E-state index is 6.02. The Kier molecular flexibility index (Phi) is 2.85. The zero-order chi connectivity index (χ0) is 12.5. The van der Waals surface area contributed by atoms with Gasteiger partial charge < -0.3 is 20.4 Å². The number of rotatable bonds is 2. The Labute approximate surface area is 104 Å². The third-order valence-electron chi connectivity index (χ3n) is 3.42. The summed E-state index contributed by atoms with van der Waals surface area (Å²) in [5.41, 5.74) is 7.57. The molecule has 2 aromatic heterocycles. The van der Waals surface area contributed by atoms with Gasteiger partial charge in [-0.2, -0.15) is 0 Å². The van der Waals surface area contributed by atoms with E-state index in [1.54, 1.807) is 13.4 Å². The minimum Gasteiger partial charge on any atom is -0.378 e. The van der Waals surface area contributed by atoms with Gasteiger partial charge in [0.15, 0.2) is 11.5 Å². The van der Waals surface area contributed by atoms with Crippen LogP contribution < -0.4 is 10.6 Å². The number of fused-ring (bicyclic) bond motifs is 1. The van der Waals surface area contributed by atoms with Crippen molar-refractivity contribution in [2.24, 2.45) is 5.73 Å². The summed E-state index contributed by atoms with van der Waals surface area (Å²) in [4.78, 5) is 17.8. The van der Waals surface area contributed by atoms with Crippen LogP contribution in [0.5, 0.6) is 0 Å². The largest absolute Gasteiger partial charge is 0.378 e. The molecule has 1 aliphatic heterocycles. The van der Waals surface area contributed by atoms with Crippen molar-refractivity contribution >= 4 is 17.0 Å². The van der Waals surface area contributed by atoms with E-state index in [1.807, 2.05) is 0 Å². The molecule has 0 unspecified atom stereocenters. The summed E-state index contributed by atoms with van der Waals surface area (Å²) in [7, 11) is 1.69. The molecule has 96 valence electrons. The van der Waals surface area contributed by atoms with E-state index in [1.165, 1.54) is 6.33 Å². The summed E-state index contributed by atoms with van der Waals surface area (Å²) >= 11 is 0. The Bertz CT molecular complexity index is 541. The molecule has 18 heavy (non-hydrogen) atoms. The molecule has 0 aliphatic carbocycles. The topological polar surface area (TPSA) is 93.0 Å². The van der Waals surface area contributed by atoms with Crippen molar-refractivity contribution in [2.45, 2.75) is 18.6 Å². The zero-order valence-electron chi connectivity index (χ0n) is 10.2. The normalized spacial score (nSPS) is 24.7. The Morgan fingerprint density at radius 2 is 2.33 bits per heavy atom. The van der Waals surface area contributed by atoms with E-state index in [9.17, 15) is 0 Å². The van der Waals surface area contributed by atoms with E-state index in [0.29, 0.717) is 5.65 Å². The number of H-pyrrole nitrogens is 1. The average molecular weight is 248 g/mol. The number of anilines is 1. The maximum Gasteiger partial charge on any atom is 0.182 e. The van der Waals surface area contributed by atoms with Crippen molar-refractivity contribution in [3.05, 3.63) is 12.7 Å². The van der Waals surface area contributed by atoms with Gasteiger partial charge in [-0.15, -0.1) is 0 Å². The number of aromatic amines is 1. The highest BCUT2D eigenvalue weighted by molar-refractivity contribution is 5.82. The number of hydrogen-bond donors (Lipinski definition) is 2. The van der Waals surface area contributed by atoms with Gasteiger partial charge in [0.1, 0.15) is 11.8 Å². The van der Waals surface area contributed by atoms with Gasteiger partial charge in [-0.05, 0) is 6.42 Å². The summed E-state index contributed by atoms with van der Waals surface area (Å²) in [5, 5.41) is 0. The van der Waals surface area contributed by atoms with Crippen molar-refractivity contribution in [2.75, 3.05) is 25.1 Å². The average Bonchev–Trinajstić information content (AvgIpc) is 2.87. The van der Waals surface area contributed by atoms with E-state index < -0.39 is 0 Å². The van der Waals surface area contributed by atoms with Crippen LogP contribution in [0.25, 0.3) is 11.2 Å². The Morgan fingerprint density at radius 3 is 3.17 bits per heavy atom. The monoisotopic (exact) mass is 248 g/mol. The van der Waals surface area contributed by atoms with Crippen molar-refractivity contribution in [3.63, 3.8) is 0 Å². The predicted molar refractivity (Wildman–Crippen MR) is 67.3 cm³/mol. The second-order valence-electron chi connectivity index (χ2n) is 4.47. The molecule has 3 heterocycles. The number of aromatic nitrogens is 4. The highest BCUT2D eigenvalue weighted by atomic mass is 16.5. The van der Waals surface area contributed by atoms with Gasteiger partial charge in [-0.1, -0.05) is 0 Å². The van der Waals surface area contributed by atoms with Gasteiger partial charge in [0.25, 0.3) is 0 Å². The molecule has 2 atom stereocenters. The first-order chi connectivity index (χ1) is 8.79. The fourth-order valence-corrected chi connectivity index (χ4v) is 2.37. The summed E-state index contributed by atoms with van der Waals surface area (Å²) in [6.45, 7) is 1.61. The zero-order valence-corrected chi connectivity index (χ0v) is 10.2. The molecule has 0 radical (unpaired) electrons. The first-order valence-corrected chi connectivity index (χ1v) is 5.97. The lowest BCUT2D eigenvalue weighted by atomic mass is 10.0. The fraction of sp³-hybridized carbons (Fsp3) is 0.545. The van der Waals surface area contributed by atoms with Crippen LogP contribution >= 0.6 is 0 Å². The maximum atomic E-state index is 6.02. The minimum atomic E-state index is 0.0340. The van der Waals surface area contributed by atoms with Crippen LogP contribution in [0.15, 0.2) is 12.7 Å². The minimum absolute atomic E-state index is 0.0340. The van der Waals surface area contributed by atoms with Crippen LogP contribution in [0.2, 0.25) is 0 Å². The summed E-state index contributed by atoms with van der Waals surface area (Å²) in [5.74, 6) is 0.867. The summed E-state index contributed by atoms with van der Waals surface area (Å²) in [6.07, 6.45) is 4.09. The number of methoxy groups -OCH3 is 1. The van der Waals surface area contributed by atoms with Crippen molar-refractivity contribution in [1.29, 1.82) is 0 Å². The molecular weight excluding hydrogens is 232 g/mol. The van der Waals surface area contributed by atoms with Crippen LogP contribution in [0.3, 0.4) is 0 Å². The predicted octanol–water partition coefficient (Wildman–Crippen LogP) is -0.0947. The number of ether oxygens (including phenoxy) is 1. The van der Waals surface area contributed by atoms with Gasteiger partial charge in [0.2, 0.25) is 0 Å². The molecule has 1 saturated heterocycles. The smallest absolute Gasteiger partial charge is 0.182 e. The lowest BCUT2D eigenvalue weighted by molar-refractivity contribution is 0.0729. The summed E-state index contributed by atoms with van der Waals surface area (Å²) in [6, 6.07) is 0.0883. The van der Waals surface area contributed by atoms with Crippen LogP contribution in [-0.4, -0.2) is 52.3 Å². The highest BCUT2D eigenvalue weighted by Gasteiger charge is 2.28. The molecule has 7 heteroatoms. The second-order valence-corrected chi connectivity index (χ2v) is 4.47. The quantitative estimate of drug-likeness (QED) is 0.771. The molecule has 0 spiro atoms. The van der Waals surface area contributed by atoms with Gasteiger partial charge in [0, 0.05) is 26.2 Å². The molecular formula is C11H16N6O. The third kappa shape index (κ3) is 1.81. The highest BCUT2D eigenvalue weighted by Crippen LogP contribution is 2.23. The van der Waals surface area contributed by atoms with Crippen LogP contribution in [0.1, 0.15) is 6.42 Å². The van der Waals surface area contributed by atoms with Gasteiger partial charge >= 0.3 is 0 Å². The van der Waals surface area contributed by atoms with Crippen molar-refractivity contribution in [1.82, 2.24) is 19.9 Å². The van der Waals surface area contributed by atoms with Gasteiger partial charge in [-0.3, -0.25) is 0 Å². The van der Waals surface area contributed by atoms with Crippen LogP contribution in [0.4, 0.5) is 5.82 Å². The van der Waals surface area contributed by atoms with E-state index in [-0.39, 0.29) is 12.1 Å². The molecule has 2 aromatic rings. The number of nitrogens with two attached hydrogens (primary N) is 1. The molecule has 1 aliphatic rings. The van der Waals surface area contributed by atoms with Crippen molar-refractivity contribution < 1.29 is 4.74 Å². The molecule has 0 amide bonds. The molecule has 0 bridgehead atoms. The number of nitrogens with zero attached hydrogens (tertiary/aromatic N) is 4. The SMILES string of the molecule is CO[C@@H]1CN(c2ncnc3nc[nH]c23)CC[C@@H]1N. The molecule has 1 fully saturated rings. The first kappa shape index (κ1) is 11.4. The van der Waals surface area contributed by atoms with E-state index in [2.05, 4.69) is 24.8 Å². The molecule has 7 nitrogen and oxygen atoms in total. The molecule has 3 rings (SSSR count). The standard InChI is InChI=1S/C11H16N6O/c1-18-8-4-17(3-2-7(8)12)11-9-10(14-5-13-9)15-6-16-11/h5-8H,2-4,12H2,1H3,(H,13,14,15,16)/t7-,8+/m0/s1. The first-order valence-electron chi connectivity index (χ1n) is 5.97. The lowest BCUT2D eigenvalue weighted by Crippen LogP contribution is -2.51. The number of hydrogen-bond acceptors (Lipinski definition) is 6. The van der Waals surface area contributed by atoms with E-state index in [0.717, 1.165) is 30.8 Å². The Balaban J connectivity index is 1.93. The Hall–Kier alpha value is -1.73. The molecule has 3 N–H and O–H groups in total. The number of piperidine rings is 1. The summed E-state index contributed by atoms with van der Waals surface area (Å²) < 4.78 is 5.41. The van der Waals surface area contributed by atoms with E-state index in [4.69, 9.17) is 10.5 Å². The van der Waals surface area contributed by atoms with Crippen LogP contribution in [0, 0.1) is 0 Å². The lowest BCUT2D eigenvalue weighted by Gasteiger charge is -2.36. The van der Waals surface area contributed by atoms with Crippen molar-refractivity contribution in [3.8, 4) is 0 Å². The van der Waals surface area contributed by atoms with E-state index >= 15 is 0 Å². The molecule has 0 aromatic carbocycles. The fourth-order valence-electron chi connectivity index (χ4n) is 2.37. The van der Waals surface area contributed by atoms with Gasteiger partial charge in [0.05, 0.1) is 12.4 Å². The number of nitrogens with one attached hydrogen (secondary N) is 1. The Morgan fingerprint density at radius 1 is 1.44 bits per heavy atom. The number of imidazole rings is 1. The van der Waals surface area contributed by atoms with Gasteiger partial charge in [-0.25, -0.2) is 15.0 Å².